The van der Waals surface area contributed by atoms with Gasteiger partial charge in [0.2, 0.25) is 11.9 Å². The lowest BCUT2D eigenvalue weighted by Gasteiger charge is -2.36. The quantitative estimate of drug-likeness (QED) is 0.254. The third-order valence-electron chi connectivity index (χ3n) is 11.8. The molecule has 1 aromatic carbocycles. The number of piperazine rings is 1. The van der Waals surface area contributed by atoms with Crippen molar-refractivity contribution in [3.8, 4) is 11.1 Å². The number of rotatable bonds is 9. The normalized spacial score (nSPS) is 17.8. The number of amides is 3. The fraction of sp³-hybridized carbons (Fsp3) is 0.513. The molecule has 2 saturated heterocycles. The lowest BCUT2D eigenvalue weighted by molar-refractivity contribution is -0.132. The lowest BCUT2D eigenvalue weighted by atomic mass is 9.92. The van der Waals surface area contributed by atoms with Crippen LogP contribution in [-0.2, 0) is 31.2 Å². The number of carbonyl (C=O) groups excluding carboxylic acids is 2. The first-order valence-electron chi connectivity index (χ1n) is 19.7. The Morgan fingerprint density at radius 3 is 2.37 bits per heavy atom. The number of hydrogen-bond donors (Lipinski definition) is 2. The van der Waals surface area contributed by atoms with Gasteiger partial charge >= 0.3 is 12.0 Å². The summed E-state index contributed by atoms with van der Waals surface area (Å²) in [7, 11) is 3.39. The topological polar surface area (TPSA) is 161 Å². The van der Waals surface area contributed by atoms with Gasteiger partial charge in [0.15, 0.2) is 5.82 Å². The number of aromatic nitrogens is 6. The van der Waals surface area contributed by atoms with Gasteiger partial charge in [-0.05, 0) is 48.9 Å². The molecule has 4 aromatic rings. The van der Waals surface area contributed by atoms with E-state index in [0.717, 1.165) is 61.3 Å². The molecule has 2 N–H and O–H groups in total. The summed E-state index contributed by atoms with van der Waals surface area (Å²) in [6, 6.07) is 3.38. The molecule has 0 aliphatic carbocycles. The lowest BCUT2D eigenvalue weighted by Crippen LogP contribution is -2.48. The van der Waals surface area contributed by atoms with E-state index in [-0.39, 0.29) is 29.1 Å². The predicted octanol–water partition coefficient (Wildman–Crippen LogP) is 3.87. The van der Waals surface area contributed by atoms with Crippen LogP contribution in [0.25, 0.3) is 11.1 Å². The Kier molecular flexibility index (Phi) is 10.8. The van der Waals surface area contributed by atoms with Crippen molar-refractivity contribution in [2.75, 3.05) is 75.8 Å². The Bertz CT molecular complexity index is 2120. The second-order valence-corrected chi connectivity index (χ2v) is 15.2. The zero-order valence-corrected chi connectivity index (χ0v) is 32.3. The van der Waals surface area contributed by atoms with Crippen LogP contribution < -0.4 is 15.1 Å². The van der Waals surface area contributed by atoms with Crippen molar-refractivity contribution in [3.05, 3.63) is 64.9 Å². The van der Waals surface area contributed by atoms with Crippen molar-refractivity contribution in [1.82, 2.24) is 49.5 Å². The number of piperidine rings is 1. The number of benzene rings is 1. The number of nitrogens with one attached hydrogen (secondary N) is 1. The van der Waals surface area contributed by atoms with Crippen LogP contribution in [-0.4, -0.2) is 133 Å². The third kappa shape index (κ3) is 7.74. The zero-order valence-electron chi connectivity index (χ0n) is 32.3. The molecule has 4 aliphatic heterocycles. The summed E-state index contributed by atoms with van der Waals surface area (Å²) in [5, 5.41) is 21.3. The van der Waals surface area contributed by atoms with Gasteiger partial charge in [-0.3, -0.25) is 19.1 Å². The van der Waals surface area contributed by atoms with Crippen molar-refractivity contribution in [2.24, 2.45) is 7.05 Å². The molecule has 3 amide bonds. The fourth-order valence-electron chi connectivity index (χ4n) is 8.68. The summed E-state index contributed by atoms with van der Waals surface area (Å²) >= 11 is 0. The van der Waals surface area contributed by atoms with Crippen molar-refractivity contribution < 1.29 is 28.3 Å². The highest BCUT2D eigenvalue weighted by Crippen LogP contribution is 2.43. The molecule has 2 fully saturated rings. The van der Waals surface area contributed by atoms with Crippen LogP contribution in [0.1, 0.15) is 70.9 Å². The molecule has 18 heteroatoms. The molecule has 302 valence electrons. The number of carbonyl (C=O) groups is 3. The van der Waals surface area contributed by atoms with Gasteiger partial charge in [-0.25, -0.2) is 28.3 Å². The number of anilines is 3. The molecule has 0 bridgehead atoms. The van der Waals surface area contributed by atoms with E-state index >= 15 is 0 Å². The maximum Gasteiger partial charge on any atom is 0.338 e. The highest BCUT2D eigenvalue weighted by molar-refractivity contribution is 5.86. The van der Waals surface area contributed by atoms with E-state index < -0.39 is 12.4 Å². The van der Waals surface area contributed by atoms with Gasteiger partial charge < -0.3 is 30.0 Å². The number of aryl methyl sites for hydroxylation is 2. The number of carboxylic acids is 1. The molecule has 0 spiro atoms. The first-order valence-corrected chi connectivity index (χ1v) is 19.7. The highest BCUT2D eigenvalue weighted by Gasteiger charge is 2.36. The number of urea groups is 1. The first-order chi connectivity index (χ1) is 27.6. The summed E-state index contributed by atoms with van der Waals surface area (Å²) in [5.74, 6) is 0.273. The summed E-state index contributed by atoms with van der Waals surface area (Å²) < 4.78 is 33.1. The Morgan fingerprint density at radius 1 is 0.947 bits per heavy atom. The van der Waals surface area contributed by atoms with Gasteiger partial charge in [-0.15, -0.1) is 0 Å². The Labute approximate surface area is 329 Å². The maximum absolute atomic E-state index is 14.7. The van der Waals surface area contributed by atoms with E-state index in [1.807, 2.05) is 15.9 Å². The number of fused-ring (bicyclic) bond motifs is 2. The van der Waals surface area contributed by atoms with E-state index in [0.29, 0.717) is 88.1 Å². The minimum Gasteiger partial charge on any atom is -0.478 e. The van der Waals surface area contributed by atoms with Crippen LogP contribution in [0.2, 0.25) is 0 Å². The number of hydrogen-bond acceptors (Lipinski definition) is 10. The standard InChI is InChI=1S/C39H48F2N12O4/c1-42-39(57)51-13-7-32-31(24-51)36(52-9-3-4-25-18-29(27-22-45-47(2)23-27)30(35(40)41)19-33(25)52)46-53(32)28-5-11-49(12-6-28)34(54)8-10-48-14-16-50(17-15-48)38-43-20-26(21-44-38)37(55)56/h18-23,28,35H,3-17,24H2,1-2H3,(H,42,57)(H,55,56). The van der Waals surface area contributed by atoms with E-state index in [1.54, 1.807) is 42.1 Å². The summed E-state index contributed by atoms with van der Waals surface area (Å²) in [5.41, 5.74) is 4.83. The first kappa shape index (κ1) is 38.2. The molecule has 0 atom stereocenters. The number of nitrogens with zero attached hydrogens (tertiary/aromatic N) is 11. The minimum absolute atomic E-state index is 0.0485. The van der Waals surface area contributed by atoms with Crippen LogP contribution in [0, 0.1) is 0 Å². The van der Waals surface area contributed by atoms with Gasteiger partial charge in [0, 0.05) is 133 Å². The number of halogens is 2. The molecule has 3 aromatic heterocycles. The van der Waals surface area contributed by atoms with E-state index in [2.05, 4.69) is 34.9 Å². The second-order valence-electron chi connectivity index (χ2n) is 15.2. The summed E-state index contributed by atoms with van der Waals surface area (Å²) in [6.45, 7) is 6.25. The predicted molar refractivity (Wildman–Crippen MR) is 207 cm³/mol. The van der Waals surface area contributed by atoms with Crippen LogP contribution in [0.5, 0.6) is 0 Å². The van der Waals surface area contributed by atoms with Gasteiger partial charge in [-0.2, -0.15) is 10.2 Å². The number of likely N-dealkylation sites (tertiary alicyclic amines) is 1. The molecule has 57 heavy (non-hydrogen) atoms. The van der Waals surface area contributed by atoms with Crippen LogP contribution in [0.4, 0.5) is 31.0 Å². The third-order valence-corrected chi connectivity index (χ3v) is 11.8. The van der Waals surface area contributed by atoms with Gasteiger partial charge in [0.05, 0.1) is 24.3 Å². The van der Waals surface area contributed by atoms with Gasteiger partial charge in [0.25, 0.3) is 6.43 Å². The van der Waals surface area contributed by atoms with Crippen LogP contribution in [0.3, 0.4) is 0 Å². The van der Waals surface area contributed by atoms with Crippen molar-refractivity contribution in [1.29, 1.82) is 0 Å². The van der Waals surface area contributed by atoms with Crippen molar-refractivity contribution in [3.63, 3.8) is 0 Å². The second kappa shape index (κ2) is 16.1. The number of alkyl halides is 2. The molecule has 0 unspecified atom stereocenters. The van der Waals surface area contributed by atoms with E-state index in [1.165, 1.54) is 12.4 Å². The molecular weight excluding hydrogens is 739 g/mol. The molecular formula is C39H48F2N12O4. The van der Waals surface area contributed by atoms with Crippen LogP contribution in [0.15, 0.2) is 36.9 Å². The Balaban J connectivity index is 0.953. The summed E-state index contributed by atoms with van der Waals surface area (Å²) in [6.07, 6.45) is 7.40. The fourth-order valence-corrected chi connectivity index (χ4v) is 8.68. The summed E-state index contributed by atoms with van der Waals surface area (Å²) in [4.78, 5) is 55.9. The van der Waals surface area contributed by atoms with Crippen molar-refractivity contribution in [2.45, 2.75) is 57.5 Å². The highest BCUT2D eigenvalue weighted by atomic mass is 19.3. The largest absolute Gasteiger partial charge is 0.478 e. The molecule has 4 aliphatic rings. The van der Waals surface area contributed by atoms with Crippen LogP contribution >= 0.6 is 0 Å². The molecule has 8 rings (SSSR count). The minimum atomic E-state index is -2.69. The Morgan fingerprint density at radius 2 is 1.70 bits per heavy atom. The smallest absolute Gasteiger partial charge is 0.338 e. The van der Waals surface area contributed by atoms with Gasteiger partial charge in [0.1, 0.15) is 0 Å². The SMILES string of the molecule is CNC(=O)N1CCc2c(c(N3CCCc4cc(-c5cnn(C)c5)c(C(F)F)cc43)nn2C2CCN(C(=O)CCN3CCN(c4ncc(C(=O)O)cn4)CC3)CC2)C1. The maximum atomic E-state index is 14.7. The molecule has 0 radical (unpaired) electrons. The van der Waals surface area contributed by atoms with Crippen molar-refractivity contribution >= 4 is 35.4 Å². The number of carboxylic acid groups (broad SMARTS) is 1. The monoisotopic (exact) mass is 786 g/mol. The van der Waals surface area contributed by atoms with E-state index in [4.69, 9.17) is 10.2 Å². The average Bonchev–Trinajstić information content (AvgIpc) is 3.85. The number of aromatic carboxylic acids is 1. The van der Waals surface area contributed by atoms with E-state index in [9.17, 15) is 23.2 Å². The Hall–Kier alpha value is -5.65. The molecule has 0 saturated carbocycles. The zero-order chi connectivity index (χ0) is 39.8. The van der Waals surface area contributed by atoms with Gasteiger partial charge in [-0.1, -0.05) is 0 Å². The molecule has 16 nitrogen and oxygen atoms in total. The average molecular weight is 787 g/mol. The molecule has 7 heterocycles.